The molecule has 2 aromatic rings. The third-order valence-corrected chi connectivity index (χ3v) is 3.96. The van der Waals surface area contributed by atoms with E-state index in [1.807, 2.05) is 4.68 Å². The van der Waals surface area contributed by atoms with E-state index in [1.54, 1.807) is 17.2 Å². The molecule has 104 valence electrons. The number of rotatable bonds is 3. The molecule has 0 atom stereocenters. The molecule has 1 saturated carbocycles. The van der Waals surface area contributed by atoms with Gasteiger partial charge >= 0.3 is 0 Å². The Balaban J connectivity index is 1.63. The molecule has 2 aromatic heterocycles. The van der Waals surface area contributed by atoms with Gasteiger partial charge in [0.05, 0.1) is 0 Å². The number of hydrogen-bond donors (Lipinski definition) is 1. The first-order valence-electron chi connectivity index (χ1n) is 7.06. The summed E-state index contributed by atoms with van der Waals surface area (Å²) in [5, 5.41) is 15.1. The molecular formula is C13H16N6O. The van der Waals surface area contributed by atoms with Crippen LogP contribution in [-0.2, 0) is 13.0 Å². The highest BCUT2D eigenvalue weighted by molar-refractivity contribution is 6.04. The van der Waals surface area contributed by atoms with Crippen molar-refractivity contribution in [3.05, 3.63) is 23.7 Å². The molecule has 3 heterocycles. The molecule has 1 N–H and O–H groups in total. The fraction of sp³-hybridized carbons (Fsp3) is 0.538. The molecule has 2 aliphatic rings. The Morgan fingerprint density at radius 2 is 2.30 bits per heavy atom. The number of aromatic amines is 1. The predicted octanol–water partition coefficient (Wildman–Crippen LogP) is 1.00. The van der Waals surface area contributed by atoms with Crippen LogP contribution in [0.4, 0.5) is 5.82 Å². The number of H-pyrrole nitrogens is 1. The third kappa shape index (κ3) is 1.90. The van der Waals surface area contributed by atoms with Gasteiger partial charge in [0.25, 0.3) is 5.91 Å². The largest absolute Gasteiger partial charge is 0.288 e. The summed E-state index contributed by atoms with van der Waals surface area (Å²) in [6.07, 6.45) is 5.97. The van der Waals surface area contributed by atoms with E-state index in [9.17, 15) is 4.79 Å². The Morgan fingerprint density at radius 3 is 3.15 bits per heavy atom. The molecule has 0 spiro atoms. The lowest BCUT2D eigenvalue weighted by Gasteiger charge is -2.24. The summed E-state index contributed by atoms with van der Waals surface area (Å²) in [5.74, 6) is 1.32. The van der Waals surface area contributed by atoms with E-state index in [-0.39, 0.29) is 5.91 Å². The fourth-order valence-electron chi connectivity index (χ4n) is 2.68. The van der Waals surface area contributed by atoms with Crippen molar-refractivity contribution < 1.29 is 4.79 Å². The summed E-state index contributed by atoms with van der Waals surface area (Å²) in [4.78, 5) is 14.4. The highest BCUT2D eigenvalue weighted by Crippen LogP contribution is 2.31. The van der Waals surface area contributed by atoms with Crippen molar-refractivity contribution >= 4 is 11.7 Å². The number of amides is 1. The standard InChI is InChI=1S/C13H16N6O/c20-13(11-5-6-14-19(11)8-9-3-4-9)18-7-1-2-10-12(18)16-17-15-10/h5-6,9H,1-4,7-8H2,(H,15,16,17). The SMILES string of the molecule is O=C(c1ccnn1CC1CC1)N1CCCc2n[nH]nc21. The molecule has 1 aliphatic heterocycles. The zero-order chi connectivity index (χ0) is 13.5. The van der Waals surface area contributed by atoms with Crippen LogP contribution in [0.25, 0.3) is 0 Å². The molecule has 7 heteroatoms. The van der Waals surface area contributed by atoms with Gasteiger partial charge in [0.15, 0.2) is 5.82 Å². The summed E-state index contributed by atoms with van der Waals surface area (Å²) >= 11 is 0. The van der Waals surface area contributed by atoms with Crippen molar-refractivity contribution in [1.82, 2.24) is 25.2 Å². The van der Waals surface area contributed by atoms with Crippen LogP contribution >= 0.6 is 0 Å². The summed E-state index contributed by atoms with van der Waals surface area (Å²) in [5.41, 5.74) is 1.52. The zero-order valence-corrected chi connectivity index (χ0v) is 11.1. The van der Waals surface area contributed by atoms with Gasteiger partial charge < -0.3 is 0 Å². The predicted molar refractivity (Wildman–Crippen MR) is 71.3 cm³/mol. The van der Waals surface area contributed by atoms with E-state index in [4.69, 9.17) is 0 Å². The van der Waals surface area contributed by atoms with E-state index >= 15 is 0 Å². The highest BCUT2D eigenvalue weighted by Gasteiger charge is 2.30. The second-order valence-electron chi connectivity index (χ2n) is 5.50. The topological polar surface area (TPSA) is 79.7 Å². The molecule has 1 aliphatic carbocycles. The lowest BCUT2D eigenvalue weighted by atomic mass is 10.1. The van der Waals surface area contributed by atoms with Gasteiger partial charge in [0.1, 0.15) is 11.4 Å². The molecule has 1 amide bonds. The lowest BCUT2D eigenvalue weighted by Crippen LogP contribution is -2.37. The summed E-state index contributed by atoms with van der Waals surface area (Å²) < 4.78 is 1.83. The first kappa shape index (κ1) is 11.6. The van der Waals surface area contributed by atoms with Crippen LogP contribution in [0.3, 0.4) is 0 Å². The monoisotopic (exact) mass is 272 g/mol. The second-order valence-corrected chi connectivity index (χ2v) is 5.50. The number of carbonyl (C=O) groups excluding carboxylic acids is 1. The quantitative estimate of drug-likeness (QED) is 0.904. The van der Waals surface area contributed by atoms with Crippen LogP contribution in [0.2, 0.25) is 0 Å². The Hall–Kier alpha value is -2.18. The average Bonchev–Trinajstić information content (AvgIpc) is 2.97. The Kier molecular flexibility index (Phi) is 2.58. The second kappa shape index (κ2) is 4.43. The first-order valence-corrected chi connectivity index (χ1v) is 7.06. The minimum atomic E-state index is -0.0296. The third-order valence-electron chi connectivity index (χ3n) is 3.96. The fourth-order valence-corrected chi connectivity index (χ4v) is 2.68. The lowest BCUT2D eigenvalue weighted by molar-refractivity contribution is 0.0973. The van der Waals surface area contributed by atoms with Crippen molar-refractivity contribution in [2.45, 2.75) is 32.2 Å². The number of aromatic nitrogens is 5. The summed E-state index contributed by atoms with van der Waals surface area (Å²) in [6.45, 7) is 1.53. The maximum Gasteiger partial charge on any atom is 0.277 e. The molecule has 7 nitrogen and oxygen atoms in total. The van der Waals surface area contributed by atoms with Crippen LogP contribution in [0, 0.1) is 5.92 Å². The molecule has 4 rings (SSSR count). The van der Waals surface area contributed by atoms with Gasteiger partial charge in [-0.15, -0.1) is 5.10 Å². The van der Waals surface area contributed by atoms with Crippen LogP contribution in [-0.4, -0.2) is 37.6 Å². The van der Waals surface area contributed by atoms with Gasteiger partial charge in [0.2, 0.25) is 0 Å². The van der Waals surface area contributed by atoms with Crippen molar-refractivity contribution in [2.75, 3.05) is 11.4 Å². The molecule has 0 bridgehead atoms. The number of fused-ring (bicyclic) bond motifs is 1. The van der Waals surface area contributed by atoms with E-state index in [0.717, 1.165) is 25.1 Å². The Labute approximate surface area is 116 Å². The molecular weight excluding hydrogens is 256 g/mol. The number of nitrogens with zero attached hydrogens (tertiary/aromatic N) is 5. The van der Waals surface area contributed by atoms with Crippen molar-refractivity contribution in [3.8, 4) is 0 Å². The number of aryl methyl sites for hydroxylation is 1. The van der Waals surface area contributed by atoms with Gasteiger partial charge in [-0.2, -0.15) is 15.4 Å². The van der Waals surface area contributed by atoms with Crippen LogP contribution in [0.5, 0.6) is 0 Å². The maximum absolute atomic E-state index is 12.7. The summed E-state index contributed by atoms with van der Waals surface area (Å²) in [6, 6.07) is 1.79. The molecule has 1 fully saturated rings. The molecule has 0 aromatic carbocycles. The van der Waals surface area contributed by atoms with Crippen LogP contribution < -0.4 is 4.90 Å². The number of carbonyl (C=O) groups is 1. The normalized spacial score (nSPS) is 18.1. The minimum Gasteiger partial charge on any atom is -0.288 e. The number of anilines is 1. The van der Waals surface area contributed by atoms with E-state index in [2.05, 4.69) is 20.5 Å². The Morgan fingerprint density at radius 1 is 1.40 bits per heavy atom. The van der Waals surface area contributed by atoms with Crippen LogP contribution in [0.1, 0.15) is 35.4 Å². The van der Waals surface area contributed by atoms with Gasteiger partial charge in [-0.25, -0.2) is 0 Å². The van der Waals surface area contributed by atoms with Crippen LogP contribution in [0.15, 0.2) is 12.3 Å². The Bertz CT molecular complexity index is 641. The first-order chi connectivity index (χ1) is 9.83. The van der Waals surface area contributed by atoms with Crippen molar-refractivity contribution in [1.29, 1.82) is 0 Å². The van der Waals surface area contributed by atoms with E-state index in [1.165, 1.54) is 12.8 Å². The molecule has 0 saturated heterocycles. The number of hydrogen-bond acceptors (Lipinski definition) is 4. The zero-order valence-electron chi connectivity index (χ0n) is 11.1. The van der Waals surface area contributed by atoms with Gasteiger partial charge in [-0.05, 0) is 37.7 Å². The van der Waals surface area contributed by atoms with Crippen molar-refractivity contribution in [3.63, 3.8) is 0 Å². The maximum atomic E-state index is 12.7. The smallest absolute Gasteiger partial charge is 0.277 e. The summed E-state index contributed by atoms with van der Waals surface area (Å²) in [7, 11) is 0. The highest BCUT2D eigenvalue weighted by atomic mass is 16.2. The number of nitrogens with one attached hydrogen (secondary N) is 1. The van der Waals surface area contributed by atoms with Gasteiger partial charge in [0, 0.05) is 19.3 Å². The van der Waals surface area contributed by atoms with Gasteiger partial charge in [-0.1, -0.05) is 0 Å². The van der Waals surface area contributed by atoms with Crippen molar-refractivity contribution in [2.24, 2.45) is 5.92 Å². The minimum absolute atomic E-state index is 0.0296. The van der Waals surface area contributed by atoms with E-state index < -0.39 is 0 Å². The molecule has 20 heavy (non-hydrogen) atoms. The molecule has 0 radical (unpaired) electrons. The van der Waals surface area contributed by atoms with Gasteiger partial charge in [-0.3, -0.25) is 14.4 Å². The molecule has 0 unspecified atom stereocenters. The average molecular weight is 272 g/mol. The van der Waals surface area contributed by atoms with E-state index in [0.29, 0.717) is 24.0 Å².